The number of hydrogen-bond acceptors (Lipinski definition) is 5. The van der Waals surface area contributed by atoms with Crippen molar-refractivity contribution in [3.05, 3.63) is 35.4 Å². The van der Waals surface area contributed by atoms with E-state index in [1.54, 1.807) is 0 Å². The summed E-state index contributed by atoms with van der Waals surface area (Å²) in [7, 11) is 0. The first-order valence-electron chi connectivity index (χ1n) is 5.49. The topological polar surface area (TPSA) is 72.8 Å². The number of carbonyl (C=O) groups is 1. The van der Waals surface area contributed by atoms with Crippen LogP contribution >= 0.6 is 23.2 Å². The van der Waals surface area contributed by atoms with Crippen molar-refractivity contribution in [3.8, 4) is 0 Å². The Kier molecular flexibility index (Phi) is 6.84. The number of hydrogen-bond donors (Lipinski definition) is 0. The average Bonchev–Trinajstić information content (AvgIpc) is 2.85. The monoisotopic (exact) mass is 335 g/mol. The Morgan fingerprint density at radius 3 is 2.30 bits per heavy atom. The maximum absolute atomic E-state index is 11.0. The van der Waals surface area contributed by atoms with Crippen molar-refractivity contribution in [2.24, 2.45) is 4.99 Å². The number of alkyl halides is 2. The molecule has 0 fully saturated rings. The molecule has 20 heavy (non-hydrogen) atoms. The van der Waals surface area contributed by atoms with Crippen LogP contribution in [0.25, 0.3) is 0 Å². The van der Waals surface area contributed by atoms with Crippen LogP contribution in [0.1, 0.15) is 17.2 Å². The molecule has 0 aliphatic carbocycles. The van der Waals surface area contributed by atoms with Gasteiger partial charge in [0.15, 0.2) is 10.9 Å². The molecule has 1 aliphatic heterocycles. The highest BCUT2D eigenvalue weighted by atomic mass is 35.5. The zero-order valence-corrected chi connectivity index (χ0v) is 12.7. The largest absolute Gasteiger partial charge is 0.468 e. The standard InChI is InChI=1S/C12H11Cl2NO2.O2S/c1-7-2-4-8(5-3-7)10-9(6-16)15-12(17-10)11(13)14;1-3-2/h2-6,9-11H,1H3;/t9-,10-;/m1./s1. The van der Waals surface area contributed by atoms with Crippen molar-refractivity contribution in [1.82, 2.24) is 0 Å². The summed E-state index contributed by atoms with van der Waals surface area (Å²) in [6.07, 6.45) is 0.316. The van der Waals surface area contributed by atoms with Gasteiger partial charge in [0.1, 0.15) is 12.3 Å². The highest BCUT2D eigenvalue weighted by Crippen LogP contribution is 2.30. The number of halogens is 2. The molecule has 108 valence electrons. The van der Waals surface area contributed by atoms with E-state index in [0.717, 1.165) is 17.4 Å². The van der Waals surface area contributed by atoms with E-state index in [0.29, 0.717) is 0 Å². The highest BCUT2D eigenvalue weighted by Gasteiger charge is 2.34. The van der Waals surface area contributed by atoms with Gasteiger partial charge in [0, 0.05) is 0 Å². The van der Waals surface area contributed by atoms with Gasteiger partial charge in [-0.1, -0.05) is 53.0 Å². The van der Waals surface area contributed by atoms with Gasteiger partial charge in [-0.3, -0.25) is 0 Å². The van der Waals surface area contributed by atoms with Gasteiger partial charge in [0.25, 0.3) is 0 Å². The molecule has 1 aliphatic rings. The Morgan fingerprint density at radius 1 is 1.30 bits per heavy atom. The molecule has 0 saturated heterocycles. The summed E-state index contributed by atoms with van der Waals surface area (Å²) in [6.45, 7) is 1.99. The molecular weight excluding hydrogens is 325 g/mol. The Morgan fingerprint density at radius 2 is 1.85 bits per heavy atom. The van der Waals surface area contributed by atoms with E-state index < -0.39 is 28.6 Å². The van der Waals surface area contributed by atoms with Crippen LogP contribution in [0.2, 0.25) is 0 Å². The Bertz CT molecular complexity index is 527. The van der Waals surface area contributed by atoms with Crippen molar-refractivity contribution in [3.63, 3.8) is 0 Å². The summed E-state index contributed by atoms with van der Waals surface area (Å²) in [6, 6.07) is 7.15. The van der Waals surface area contributed by atoms with E-state index in [1.807, 2.05) is 31.2 Å². The van der Waals surface area contributed by atoms with Gasteiger partial charge in [-0.15, -0.1) is 0 Å². The summed E-state index contributed by atoms with van der Waals surface area (Å²) >= 11 is 10.6. The second-order valence-electron chi connectivity index (χ2n) is 3.91. The summed E-state index contributed by atoms with van der Waals surface area (Å²) in [5, 5.41) is 0. The normalized spacial score (nSPS) is 20.5. The van der Waals surface area contributed by atoms with Gasteiger partial charge in [0.2, 0.25) is 5.90 Å². The molecular formula is C12H11Cl2NO4S. The number of aldehydes is 1. The van der Waals surface area contributed by atoms with Crippen LogP contribution in [0.5, 0.6) is 0 Å². The van der Waals surface area contributed by atoms with E-state index in [1.165, 1.54) is 0 Å². The number of carbonyl (C=O) groups excluding carboxylic acids is 1. The summed E-state index contributed by atoms with van der Waals surface area (Å²) in [5.41, 5.74) is 2.03. The number of nitrogens with zero attached hydrogens (tertiary/aromatic N) is 1. The predicted molar refractivity (Wildman–Crippen MR) is 76.7 cm³/mol. The van der Waals surface area contributed by atoms with Gasteiger partial charge < -0.3 is 9.53 Å². The maximum atomic E-state index is 11.0. The molecule has 0 spiro atoms. The van der Waals surface area contributed by atoms with Crippen LogP contribution in [-0.4, -0.2) is 31.5 Å². The third kappa shape index (κ3) is 4.40. The Balaban J connectivity index is 0.000000612. The van der Waals surface area contributed by atoms with Crippen molar-refractivity contribution < 1.29 is 17.9 Å². The average molecular weight is 336 g/mol. The van der Waals surface area contributed by atoms with Crippen molar-refractivity contribution in [1.29, 1.82) is 0 Å². The van der Waals surface area contributed by atoms with Gasteiger partial charge >= 0.3 is 11.6 Å². The quantitative estimate of drug-likeness (QED) is 0.626. The molecule has 0 amide bonds. The number of benzene rings is 1. The first kappa shape index (κ1) is 16.8. The highest BCUT2D eigenvalue weighted by molar-refractivity contribution is 7.51. The summed E-state index contributed by atoms with van der Waals surface area (Å²) < 4.78 is 22.1. The lowest BCUT2D eigenvalue weighted by Crippen LogP contribution is -2.16. The maximum Gasteiger partial charge on any atom is 0.335 e. The number of aliphatic imine (C=N–C) groups is 1. The molecule has 0 aromatic heterocycles. The molecule has 0 radical (unpaired) electrons. The van der Waals surface area contributed by atoms with Crippen molar-refractivity contribution in [2.75, 3.05) is 0 Å². The van der Waals surface area contributed by atoms with Crippen LogP contribution in [-0.2, 0) is 21.1 Å². The lowest BCUT2D eigenvalue weighted by molar-refractivity contribution is -0.110. The smallest absolute Gasteiger partial charge is 0.335 e. The van der Waals surface area contributed by atoms with E-state index in [4.69, 9.17) is 36.4 Å². The molecule has 0 saturated carbocycles. The zero-order valence-electron chi connectivity index (χ0n) is 10.4. The van der Waals surface area contributed by atoms with Crippen molar-refractivity contribution >= 4 is 47.0 Å². The van der Waals surface area contributed by atoms with E-state index in [9.17, 15) is 4.79 Å². The van der Waals surface area contributed by atoms with Crippen LogP contribution in [0.4, 0.5) is 0 Å². The van der Waals surface area contributed by atoms with Gasteiger partial charge in [-0.05, 0) is 12.5 Å². The van der Waals surface area contributed by atoms with E-state index in [-0.39, 0.29) is 5.90 Å². The Labute approximate surface area is 129 Å². The molecule has 1 aromatic rings. The Hall–Kier alpha value is -1.24. The molecule has 2 rings (SSSR count). The van der Waals surface area contributed by atoms with Gasteiger partial charge in [-0.2, -0.15) is 8.42 Å². The predicted octanol–water partition coefficient (Wildman–Crippen LogP) is 2.17. The molecule has 8 heteroatoms. The van der Waals surface area contributed by atoms with Gasteiger partial charge in [-0.25, -0.2) is 4.99 Å². The molecule has 2 atom stereocenters. The molecule has 0 N–H and O–H groups in total. The fourth-order valence-corrected chi connectivity index (χ4v) is 1.89. The minimum atomic E-state index is -0.840. The summed E-state index contributed by atoms with van der Waals surface area (Å²) in [4.78, 5) is 14.2. The first-order valence-corrected chi connectivity index (χ1v) is 7.03. The lowest BCUT2D eigenvalue weighted by atomic mass is 10.0. The number of aryl methyl sites for hydroxylation is 1. The molecule has 1 heterocycles. The van der Waals surface area contributed by atoms with E-state index in [2.05, 4.69) is 4.99 Å². The third-order valence-electron chi connectivity index (χ3n) is 2.57. The molecule has 1 aromatic carbocycles. The fourth-order valence-electron chi connectivity index (χ4n) is 1.68. The molecule has 0 unspecified atom stereocenters. The zero-order chi connectivity index (χ0) is 15.1. The summed E-state index contributed by atoms with van der Waals surface area (Å²) in [5.74, 6) is 0.205. The van der Waals surface area contributed by atoms with Crippen molar-refractivity contribution in [2.45, 2.75) is 23.9 Å². The van der Waals surface area contributed by atoms with Crippen LogP contribution in [0, 0.1) is 6.92 Å². The van der Waals surface area contributed by atoms with Crippen LogP contribution in [0.3, 0.4) is 0 Å². The number of rotatable bonds is 3. The molecule has 5 nitrogen and oxygen atoms in total. The fraction of sp³-hybridized carbons (Fsp3) is 0.333. The minimum Gasteiger partial charge on any atom is -0.468 e. The third-order valence-corrected chi connectivity index (χ3v) is 2.94. The molecule has 0 bridgehead atoms. The van der Waals surface area contributed by atoms with Gasteiger partial charge in [0.05, 0.1) is 0 Å². The first-order chi connectivity index (χ1) is 9.53. The van der Waals surface area contributed by atoms with E-state index >= 15 is 0 Å². The van der Waals surface area contributed by atoms with Crippen LogP contribution in [0.15, 0.2) is 29.3 Å². The second kappa shape index (κ2) is 8.14. The number of ether oxygens (including phenoxy) is 1. The second-order valence-corrected chi connectivity index (χ2v) is 5.14. The van der Waals surface area contributed by atoms with Crippen LogP contribution < -0.4 is 0 Å². The minimum absolute atomic E-state index is 0.205. The lowest BCUT2D eigenvalue weighted by Gasteiger charge is -2.14. The SMILES string of the molecule is Cc1ccc([C@H]2OC(C(Cl)Cl)=N[C@@H]2C=O)cc1.O=S=O.